The summed E-state index contributed by atoms with van der Waals surface area (Å²) in [5.74, 6) is -0.525. The van der Waals surface area contributed by atoms with Gasteiger partial charge in [-0.2, -0.15) is 0 Å². The van der Waals surface area contributed by atoms with Crippen molar-refractivity contribution < 1.29 is 37.3 Å². The lowest BCUT2D eigenvalue weighted by atomic mass is 10.0. The number of hydrogen-bond acceptors (Lipinski definition) is 7. The number of quaternary nitrogens is 1. The van der Waals surface area contributed by atoms with Gasteiger partial charge < -0.3 is 28.5 Å². The molecule has 0 bridgehead atoms. The summed E-state index contributed by atoms with van der Waals surface area (Å²) in [5, 5.41) is 3.05. The van der Waals surface area contributed by atoms with Crippen LogP contribution in [0, 0.1) is 0 Å². The highest BCUT2D eigenvalue weighted by Crippen LogP contribution is 2.38. The van der Waals surface area contributed by atoms with Gasteiger partial charge in [-0.05, 0) is 96.0 Å². The molecule has 0 heterocycles. The minimum Gasteiger partial charge on any atom is -0.756 e. The third kappa shape index (κ3) is 68.1. The normalized spacial score (nSPS) is 13.8. The van der Waals surface area contributed by atoms with E-state index in [-0.39, 0.29) is 31.5 Å². The van der Waals surface area contributed by atoms with Gasteiger partial charge in [-0.3, -0.25) is 14.2 Å². The van der Waals surface area contributed by atoms with Gasteiger partial charge >= 0.3 is 5.97 Å². The smallest absolute Gasteiger partial charge is 0.306 e. The molecule has 0 radical (unpaired) electrons. The van der Waals surface area contributed by atoms with Crippen molar-refractivity contribution in [1.29, 1.82) is 0 Å². The molecule has 0 aliphatic heterocycles. The fourth-order valence-corrected chi connectivity index (χ4v) is 12.0. The van der Waals surface area contributed by atoms with Crippen molar-refractivity contribution in [3.8, 4) is 0 Å². The molecule has 10 heteroatoms. The molecular formula is C78H147N2O7P. The van der Waals surface area contributed by atoms with E-state index >= 15 is 0 Å². The van der Waals surface area contributed by atoms with E-state index in [4.69, 9.17) is 13.8 Å². The second kappa shape index (κ2) is 67.6. The van der Waals surface area contributed by atoms with E-state index < -0.39 is 20.0 Å². The predicted molar refractivity (Wildman–Crippen MR) is 381 cm³/mol. The molecule has 0 aromatic carbocycles. The Labute approximate surface area is 547 Å². The van der Waals surface area contributed by atoms with Crippen molar-refractivity contribution in [2.45, 2.75) is 386 Å². The molecule has 0 fully saturated rings. The van der Waals surface area contributed by atoms with Crippen LogP contribution in [0.15, 0.2) is 60.8 Å². The number of phosphoric ester groups is 1. The van der Waals surface area contributed by atoms with E-state index in [0.717, 1.165) is 70.6 Å². The molecule has 1 amide bonds. The van der Waals surface area contributed by atoms with Crippen LogP contribution in [0.1, 0.15) is 374 Å². The lowest BCUT2D eigenvalue weighted by Gasteiger charge is -2.30. The molecule has 0 saturated heterocycles. The van der Waals surface area contributed by atoms with Gasteiger partial charge in [0.05, 0.1) is 33.8 Å². The molecule has 9 nitrogen and oxygen atoms in total. The average molecular weight is 1260 g/mol. The molecule has 0 aromatic heterocycles. The van der Waals surface area contributed by atoms with E-state index in [0.29, 0.717) is 17.4 Å². The van der Waals surface area contributed by atoms with Crippen molar-refractivity contribution in [1.82, 2.24) is 5.32 Å². The van der Waals surface area contributed by atoms with Gasteiger partial charge in [-0.15, -0.1) is 0 Å². The standard InChI is InChI=1S/C78H147N2O7P/c1-7-10-13-16-19-22-25-28-30-32-34-36-38-39-40-41-43-45-47-49-51-53-56-59-62-65-68-71-78(82)87-76(69-66-63-60-57-54-27-24-21-18-15-12-9-3)75(74-86-88(83,84)85-73-72-80(4,5)6)79-77(81)70-67-64-61-58-55-52-50-48-46-44-42-37-35-33-31-29-26-23-20-17-14-11-8-2/h19-20,22-23,28-31,66,69,75-76H,7-18,21,24-27,32-65,67-68,70-74H2,1-6H3,(H-,79,81,83,84)/b22-19-,23-20-,30-28-,31-29-,69-66+. The Hall–Kier alpha value is -2.29. The Morgan fingerprint density at radius 1 is 0.398 bits per heavy atom. The number of nitrogens with one attached hydrogen (secondary N) is 1. The monoisotopic (exact) mass is 1260 g/mol. The summed E-state index contributed by atoms with van der Waals surface area (Å²) < 4.78 is 30.5. The highest BCUT2D eigenvalue weighted by atomic mass is 31.2. The summed E-state index contributed by atoms with van der Waals surface area (Å²) in [4.78, 5) is 40.3. The second-order valence-electron chi connectivity index (χ2n) is 27.1. The van der Waals surface area contributed by atoms with Gasteiger partial charge in [0.25, 0.3) is 7.82 Å². The number of carbonyl (C=O) groups excluding carboxylic acids is 2. The molecule has 0 saturated carbocycles. The average Bonchev–Trinajstić information content (AvgIpc) is 3.61. The Bertz CT molecular complexity index is 1690. The summed E-state index contributed by atoms with van der Waals surface area (Å²) >= 11 is 0. The molecule has 88 heavy (non-hydrogen) atoms. The summed E-state index contributed by atoms with van der Waals surface area (Å²) in [6.07, 6.45) is 87.8. The maximum absolute atomic E-state index is 13.6. The van der Waals surface area contributed by atoms with Gasteiger partial charge in [0, 0.05) is 12.8 Å². The van der Waals surface area contributed by atoms with Crippen LogP contribution in [-0.2, 0) is 27.9 Å². The number of carbonyl (C=O) groups is 2. The highest BCUT2D eigenvalue weighted by molar-refractivity contribution is 7.45. The number of ether oxygens (including phenoxy) is 1. The third-order valence-corrected chi connectivity index (χ3v) is 18.1. The highest BCUT2D eigenvalue weighted by Gasteiger charge is 2.27. The van der Waals surface area contributed by atoms with Crippen LogP contribution in [0.5, 0.6) is 0 Å². The molecule has 516 valence electrons. The van der Waals surface area contributed by atoms with E-state index in [1.807, 2.05) is 33.3 Å². The van der Waals surface area contributed by atoms with Crippen LogP contribution < -0.4 is 10.2 Å². The minimum atomic E-state index is -4.71. The Balaban J connectivity index is 4.95. The second-order valence-corrected chi connectivity index (χ2v) is 28.6. The van der Waals surface area contributed by atoms with E-state index in [9.17, 15) is 19.0 Å². The van der Waals surface area contributed by atoms with Gasteiger partial charge in [-0.1, -0.05) is 326 Å². The van der Waals surface area contributed by atoms with Crippen molar-refractivity contribution >= 4 is 19.7 Å². The number of unbranched alkanes of at least 4 members (excludes halogenated alkanes) is 46. The largest absolute Gasteiger partial charge is 0.756 e. The first-order chi connectivity index (χ1) is 42.9. The maximum atomic E-state index is 13.6. The van der Waals surface area contributed by atoms with Crippen molar-refractivity contribution in [3.63, 3.8) is 0 Å². The molecule has 3 unspecified atom stereocenters. The Kier molecular flexibility index (Phi) is 65.8. The van der Waals surface area contributed by atoms with Gasteiger partial charge in [0.15, 0.2) is 0 Å². The molecule has 3 atom stereocenters. The summed E-state index contributed by atoms with van der Waals surface area (Å²) in [6.45, 7) is 6.85. The number of hydrogen-bond donors (Lipinski definition) is 1. The lowest BCUT2D eigenvalue weighted by molar-refractivity contribution is -0.870. The quantitative estimate of drug-likeness (QED) is 0.0212. The van der Waals surface area contributed by atoms with Crippen molar-refractivity contribution in [2.24, 2.45) is 0 Å². The number of rotatable bonds is 70. The maximum Gasteiger partial charge on any atom is 0.306 e. The van der Waals surface area contributed by atoms with Crippen LogP contribution in [0.4, 0.5) is 0 Å². The SMILES string of the molecule is CCCCC/C=C\C/C=C\CCCCCCCCCCCCCCCCCCCC(=O)OC(/C=C/CCCCCCCCCCCC)C(COP(=O)([O-])OCC[N+](C)(C)C)NC(=O)CCCCCCCCCCCCCCC/C=C\C/C=C\CCCCC. The number of allylic oxidation sites excluding steroid dienone is 9. The first-order valence-corrected chi connectivity index (χ1v) is 39.6. The van der Waals surface area contributed by atoms with Crippen LogP contribution in [0.25, 0.3) is 0 Å². The molecule has 0 spiro atoms. The van der Waals surface area contributed by atoms with E-state index in [2.05, 4.69) is 74.7 Å². The third-order valence-electron chi connectivity index (χ3n) is 17.2. The first kappa shape index (κ1) is 85.7. The number of nitrogens with zero attached hydrogens (tertiary/aromatic N) is 1. The summed E-state index contributed by atoms with van der Waals surface area (Å²) in [6, 6.07) is -0.889. The molecule has 1 N–H and O–H groups in total. The molecule has 0 aliphatic rings. The first-order valence-electron chi connectivity index (χ1n) is 38.1. The molecule has 0 aliphatic carbocycles. The predicted octanol–water partition coefficient (Wildman–Crippen LogP) is 23.9. The number of esters is 1. The number of amides is 1. The number of phosphoric acid groups is 1. The zero-order chi connectivity index (χ0) is 64.2. The van der Waals surface area contributed by atoms with Crippen LogP contribution in [0.2, 0.25) is 0 Å². The lowest BCUT2D eigenvalue weighted by Crippen LogP contribution is -2.47. The summed E-state index contributed by atoms with van der Waals surface area (Å²) in [5.41, 5.74) is 0. The van der Waals surface area contributed by atoms with Gasteiger partial charge in [0.1, 0.15) is 19.3 Å². The van der Waals surface area contributed by atoms with Gasteiger partial charge in [-0.25, -0.2) is 0 Å². The van der Waals surface area contributed by atoms with E-state index in [1.54, 1.807) is 0 Å². The molecular weight excluding hydrogens is 1110 g/mol. The van der Waals surface area contributed by atoms with Crippen LogP contribution in [0.3, 0.4) is 0 Å². The Morgan fingerprint density at radius 3 is 1.05 bits per heavy atom. The number of likely N-dealkylation sites (N-methyl/N-ethyl adjacent to an activating group) is 1. The molecule has 0 aromatic rings. The summed E-state index contributed by atoms with van der Waals surface area (Å²) in [7, 11) is 1.20. The van der Waals surface area contributed by atoms with Crippen LogP contribution in [-0.4, -0.2) is 69.4 Å². The zero-order valence-corrected chi connectivity index (χ0v) is 60.1. The fourth-order valence-electron chi connectivity index (χ4n) is 11.3. The Morgan fingerprint density at radius 2 is 0.693 bits per heavy atom. The van der Waals surface area contributed by atoms with Gasteiger partial charge in [0.2, 0.25) is 5.91 Å². The fraction of sp³-hybridized carbons (Fsp3) is 0.846. The topological polar surface area (TPSA) is 114 Å². The van der Waals surface area contributed by atoms with Crippen molar-refractivity contribution in [2.75, 3.05) is 40.9 Å². The minimum absolute atomic E-state index is 0.0213. The van der Waals surface area contributed by atoms with E-state index in [1.165, 1.54) is 270 Å². The van der Waals surface area contributed by atoms with Crippen molar-refractivity contribution in [3.05, 3.63) is 60.8 Å². The zero-order valence-electron chi connectivity index (χ0n) is 59.2. The van der Waals surface area contributed by atoms with Crippen LogP contribution >= 0.6 is 7.82 Å². The molecule has 0 rings (SSSR count).